The lowest BCUT2D eigenvalue weighted by molar-refractivity contribution is 0.241. The van der Waals surface area contributed by atoms with Gasteiger partial charge in [-0.1, -0.05) is 0 Å². The molecule has 5 rings (SSSR count). The number of fused-ring (bicyclic) bond motifs is 2. The molecule has 3 aromatic heterocycles. The van der Waals surface area contributed by atoms with Gasteiger partial charge < -0.3 is 4.90 Å². The Bertz CT molecular complexity index is 1080. The average Bonchev–Trinajstić information content (AvgIpc) is 3.13. The largest absolute Gasteiger partial charge is 0.353 e. The van der Waals surface area contributed by atoms with Crippen molar-refractivity contribution in [2.75, 3.05) is 37.6 Å². The lowest BCUT2D eigenvalue weighted by Gasteiger charge is -2.35. The van der Waals surface area contributed by atoms with E-state index in [2.05, 4.69) is 30.2 Å². The number of aromatic nitrogens is 6. The highest BCUT2D eigenvalue weighted by atomic mass is 16.1. The second kappa shape index (κ2) is 7.55. The van der Waals surface area contributed by atoms with Crippen LogP contribution in [0.4, 0.5) is 5.82 Å². The fraction of sp³-hybridized carbons (Fsp3) is 0.550. The van der Waals surface area contributed by atoms with E-state index < -0.39 is 0 Å². The van der Waals surface area contributed by atoms with E-state index in [4.69, 9.17) is 0 Å². The molecule has 29 heavy (non-hydrogen) atoms. The van der Waals surface area contributed by atoms with E-state index in [1.807, 2.05) is 19.1 Å². The van der Waals surface area contributed by atoms with Crippen molar-refractivity contribution >= 4 is 11.5 Å². The number of hydrogen-bond acceptors (Lipinski definition) is 7. The van der Waals surface area contributed by atoms with Crippen LogP contribution in [-0.2, 0) is 19.4 Å². The summed E-state index contributed by atoms with van der Waals surface area (Å²) in [6.45, 7) is 7.11. The number of aryl methyl sites for hydroxylation is 3. The molecule has 0 aromatic carbocycles. The van der Waals surface area contributed by atoms with E-state index in [-0.39, 0.29) is 5.56 Å². The number of hydrogen-bond donors (Lipinski definition) is 0. The Morgan fingerprint density at radius 3 is 2.66 bits per heavy atom. The molecule has 1 fully saturated rings. The van der Waals surface area contributed by atoms with Crippen molar-refractivity contribution in [2.24, 2.45) is 0 Å². The van der Waals surface area contributed by atoms with Gasteiger partial charge in [-0.05, 0) is 50.3 Å². The average molecular weight is 394 g/mol. The van der Waals surface area contributed by atoms with Crippen LogP contribution in [0.15, 0.2) is 23.0 Å². The highest BCUT2D eigenvalue weighted by molar-refractivity contribution is 5.46. The zero-order valence-corrected chi connectivity index (χ0v) is 16.8. The molecule has 3 aromatic rings. The molecule has 0 amide bonds. The molecule has 0 N–H and O–H groups in total. The third-order valence-corrected chi connectivity index (χ3v) is 6.00. The molecule has 2 aliphatic rings. The van der Waals surface area contributed by atoms with Gasteiger partial charge in [-0.15, -0.1) is 15.3 Å². The Labute approximate surface area is 169 Å². The Balaban J connectivity index is 1.20. The monoisotopic (exact) mass is 394 g/mol. The quantitative estimate of drug-likeness (QED) is 0.644. The molecule has 1 aliphatic heterocycles. The topological polar surface area (TPSA) is 84.5 Å². The molecule has 0 unspecified atom stereocenters. The smallest absolute Gasteiger partial charge is 0.267 e. The highest BCUT2D eigenvalue weighted by Gasteiger charge is 2.19. The van der Waals surface area contributed by atoms with Gasteiger partial charge in [-0.2, -0.15) is 9.61 Å². The van der Waals surface area contributed by atoms with Crippen molar-refractivity contribution in [1.29, 1.82) is 0 Å². The Morgan fingerprint density at radius 2 is 1.79 bits per heavy atom. The number of rotatable bonds is 4. The van der Waals surface area contributed by atoms with Crippen LogP contribution >= 0.6 is 0 Å². The minimum absolute atomic E-state index is 0.0334. The molecule has 0 radical (unpaired) electrons. The number of anilines is 1. The summed E-state index contributed by atoms with van der Waals surface area (Å²) < 4.78 is 3.44. The maximum Gasteiger partial charge on any atom is 0.267 e. The molecule has 0 atom stereocenters. The molecule has 4 heterocycles. The third-order valence-electron chi connectivity index (χ3n) is 6.00. The van der Waals surface area contributed by atoms with Crippen molar-refractivity contribution < 1.29 is 0 Å². The van der Waals surface area contributed by atoms with E-state index in [1.54, 1.807) is 15.3 Å². The fourth-order valence-electron chi connectivity index (χ4n) is 4.25. The summed E-state index contributed by atoms with van der Waals surface area (Å²) in [5.74, 6) is 1.75. The molecular weight excluding hydrogens is 368 g/mol. The molecule has 1 aliphatic carbocycles. The Hall–Kier alpha value is -2.81. The summed E-state index contributed by atoms with van der Waals surface area (Å²) in [6, 6.07) is 5.77. The van der Waals surface area contributed by atoms with Gasteiger partial charge in [0.25, 0.3) is 5.56 Å². The summed E-state index contributed by atoms with van der Waals surface area (Å²) in [7, 11) is 0. The number of piperazine rings is 1. The van der Waals surface area contributed by atoms with E-state index in [1.165, 1.54) is 12.8 Å². The molecule has 0 saturated carbocycles. The standard InChI is InChI=1S/C20H26N8O/c1-15-21-22-18-6-7-19(24-28(15)18)26-11-8-25(9-12-26)10-13-27-20(29)14-16-4-2-3-5-17(16)23-27/h6-7,14H,2-5,8-13H2,1H3. The van der Waals surface area contributed by atoms with Crippen LogP contribution < -0.4 is 10.5 Å². The SMILES string of the molecule is Cc1nnc2ccc(N3CCN(CCn4nc5c(cc4=O)CCCC5)CC3)nn12. The predicted octanol–water partition coefficient (Wildman–Crippen LogP) is 0.690. The van der Waals surface area contributed by atoms with Crippen molar-refractivity contribution in [3.8, 4) is 0 Å². The Morgan fingerprint density at radius 1 is 0.966 bits per heavy atom. The van der Waals surface area contributed by atoms with Gasteiger partial charge in [0.15, 0.2) is 11.5 Å². The normalized spacial score (nSPS) is 17.6. The van der Waals surface area contributed by atoms with Crippen molar-refractivity contribution in [1.82, 2.24) is 34.5 Å². The molecule has 152 valence electrons. The fourth-order valence-corrected chi connectivity index (χ4v) is 4.25. The van der Waals surface area contributed by atoms with Crippen molar-refractivity contribution in [3.63, 3.8) is 0 Å². The lowest BCUT2D eigenvalue weighted by Crippen LogP contribution is -2.48. The molecule has 9 nitrogen and oxygen atoms in total. The second-order valence-corrected chi connectivity index (χ2v) is 7.92. The van der Waals surface area contributed by atoms with Gasteiger partial charge >= 0.3 is 0 Å². The van der Waals surface area contributed by atoms with E-state index in [0.717, 1.165) is 74.1 Å². The molecule has 1 saturated heterocycles. The van der Waals surface area contributed by atoms with Gasteiger partial charge in [0.2, 0.25) is 0 Å². The number of nitrogens with zero attached hydrogens (tertiary/aromatic N) is 8. The first-order valence-corrected chi connectivity index (χ1v) is 10.4. The third kappa shape index (κ3) is 3.62. The van der Waals surface area contributed by atoms with E-state index in [9.17, 15) is 4.79 Å². The molecule has 9 heteroatoms. The first kappa shape index (κ1) is 18.2. The minimum Gasteiger partial charge on any atom is -0.353 e. The summed E-state index contributed by atoms with van der Waals surface area (Å²) in [6.07, 6.45) is 4.34. The summed E-state index contributed by atoms with van der Waals surface area (Å²) in [4.78, 5) is 17.1. The van der Waals surface area contributed by atoms with Crippen molar-refractivity contribution in [3.05, 3.63) is 45.6 Å². The van der Waals surface area contributed by atoms with Gasteiger partial charge in [0, 0.05) is 38.8 Å². The zero-order chi connectivity index (χ0) is 19.8. The van der Waals surface area contributed by atoms with Crippen LogP contribution in [0.2, 0.25) is 0 Å². The molecular formula is C20H26N8O. The van der Waals surface area contributed by atoms with Gasteiger partial charge in [-0.25, -0.2) is 4.68 Å². The van der Waals surface area contributed by atoms with Crippen LogP contribution in [0.5, 0.6) is 0 Å². The molecule has 0 bridgehead atoms. The van der Waals surface area contributed by atoms with Crippen LogP contribution in [-0.4, -0.2) is 67.2 Å². The summed E-state index contributed by atoms with van der Waals surface area (Å²) in [5.41, 5.74) is 3.07. The Kier molecular flexibility index (Phi) is 4.75. The summed E-state index contributed by atoms with van der Waals surface area (Å²) in [5, 5.41) is 17.5. The van der Waals surface area contributed by atoms with Crippen LogP contribution in [0.3, 0.4) is 0 Å². The van der Waals surface area contributed by atoms with Gasteiger partial charge in [0.1, 0.15) is 5.82 Å². The predicted molar refractivity (Wildman–Crippen MR) is 109 cm³/mol. The van der Waals surface area contributed by atoms with Crippen LogP contribution in [0, 0.1) is 6.92 Å². The zero-order valence-electron chi connectivity index (χ0n) is 16.8. The van der Waals surface area contributed by atoms with Gasteiger partial charge in [0.05, 0.1) is 12.2 Å². The van der Waals surface area contributed by atoms with Crippen LogP contribution in [0.1, 0.15) is 29.9 Å². The first-order valence-electron chi connectivity index (χ1n) is 10.4. The van der Waals surface area contributed by atoms with Crippen molar-refractivity contribution in [2.45, 2.75) is 39.2 Å². The minimum atomic E-state index is 0.0334. The maximum absolute atomic E-state index is 12.4. The van der Waals surface area contributed by atoms with E-state index >= 15 is 0 Å². The van der Waals surface area contributed by atoms with Crippen LogP contribution in [0.25, 0.3) is 5.65 Å². The first-order chi connectivity index (χ1) is 14.2. The van der Waals surface area contributed by atoms with Gasteiger partial charge in [-0.3, -0.25) is 9.69 Å². The lowest BCUT2D eigenvalue weighted by atomic mass is 9.97. The summed E-state index contributed by atoms with van der Waals surface area (Å²) >= 11 is 0. The second-order valence-electron chi connectivity index (χ2n) is 7.92. The maximum atomic E-state index is 12.4. The highest BCUT2D eigenvalue weighted by Crippen LogP contribution is 2.17. The molecule has 0 spiro atoms. The van der Waals surface area contributed by atoms with E-state index in [0.29, 0.717) is 6.54 Å².